The predicted octanol–water partition coefficient (Wildman–Crippen LogP) is 3.58. The van der Waals surface area contributed by atoms with Gasteiger partial charge in [0.25, 0.3) is 0 Å². The van der Waals surface area contributed by atoms with Gasteiger partial charge in [-0.3, -0.25) is 4.79 Å². The maximum absolute atomic E-state index is 11.7. The number of nitrogen functional groups attached to an aromatic ring is 1. The van der Waals surface area contributed by atoms with Crippen LogP contribution in [0.15, 0.2) is 24.3 Å². The third-order valence-corrected chi connectivity index (χ3v) is 3.13. The summed E-state index contributed by atoms with van der Waals surface area (Å²) in [6.45, 7) is 4.30. The highest BCUT2D eigenvalue weighted by Crippen LogP contribution is 2.12. The number of hydrogen-bond acceptors (Lipinski definition) is 3. The van der Waals surface area contributed by atoms with Gasteiger partial charge in [-0.15, -0.1) is 0 Å². The standard InChI is InChI=1S/C16H26N2O2/c1-3-4-5-6-8-13(2)20-12-16(19)18-15-10-7-9-14(17)11-15/h7,9-11,13H,3-6,8,12,17H2,1-2H3,(H,18,19). The zero-order chi connectivity index (χ0) is 14.8. The molecule has 1 atom stereocenters. The number of carbonyl (C=O) groups is 1. The van der Waals surface area contributed by atoms with Gasteiger partial charge < -0.3 is 15.8 Å². The number of hydrogen-bond donors (Lipinski definition) is 2. The highest BCUT2D eigenvalue weighted by Gasteiger charge is 2.07. The van der Waals surface area contributed by atoms with Gasteiger partial charge in [0.1, 0.15) is 6.61 Å². The molecule has 3 N–H and O–H groups in total. The molecular formula is C16H26N2O2. The van der Waals surface area contributed by atoms with E-state index in [0.29, 0.717) is 11.4 Å². The van der Waals surface area contributed by atoms with E-state index in [1.54, 1.807) is 12.1 Å². The number of ether oxygens (including phenoxy) is 1. The molecule has 0 aromatic heterocycles. The molecule has 0 aliphatic rings. The van der Waals surface area contributed by atoms with Gasteiger partial charge in [-0.1, -0.05) is 38.7 Å². The lowest BCUT2D eigenvalue weighted by Gasteiger charge is -2.13. The van der Waals surface area contributed by atoms with Gasteiger partial charge in [-0.25, -0.2) is 0 Å². The van der Waals surface area contributed by atoms with E-state index in [9.17, 15) is 4.79 Å². The number of anilines is 2. The summed E-state index contributed by atoms with van der Waals surface area (Å²) in [7, 11) is 0. The second-order valence-electron chi connectivity index (χ2n) is 5.14. The molecule has 1 unspecified atom stereocenters. The van der Waals surface area contributed by atoms with Crippen LogP contribution in [0.5, 0.6) is 0 Å². The van der Waals surface area contributed by atoms with Crippen molar-refractivity contribution < 1.29 is 9.53 Å². The molecule has 0 heterocycles. The van der Waals surface area contributed by atoms with Crippen molar-refractivity contribution in [3.63, 3.8) is 0 Å². The molecule has 0 aliphatic heterocycles. The Hall–Kier alpha value is -1.55. The predicted molar refractivity (Wildman–Crippen MR) is 83.7 cm³/mol. The fourth-order valence-corrected chi connectivity index (χ4v) is 1.97. The van der Waals surface area contributed by atoms with E-state index >= 15 is 0 Å². The number of carbonyl (C=O) groups excluding carboxylic acids is 1. The molecule has 20 heavy (non-hydrogen) atoms. The molecule has 1 amide bonds. The van der Waals surface area contributed by atoms with Crippen LogP contribution in [-0.2, 0) is 9.53 Å². The minimum absolute atomic E-state index is 0.0870. The van der Waals surface area contributed by atoms with Crippen molar-refractivity contribution in [2.24, 2.45) is 0 Å². The van der Waals surface area contributed by atoms with Crippen LogP contribution < -0.4 is 11.1 Å². The Labute approximate surface area is 121 Å². The number of rotatable bonds is 9. The van der Waals surface area contributed by atoms with E-state index in [1.165, 1.54) is 19.3 Å². The van der Waals surface area contributed by atoms with Crippen LogP contribution in [0.25, 0.3) is 0 Å². The fourth-order valence-electron chi connectivity index (χ4n) is 1.97. The quantitative estimate of drug-likeness (QED) is 0.536. The minimum Gasteiger partial charge on any atom is -0.399 e. The Bertz CT molecular complexity index is 407. The van der Waals surface area contributed by atoms with E-state index in [4.69, 9.17) is 10.5 Å². The number of nitrogens with two attached hydrogens (primary N) is 1. The lowest BCUT2D eigenvalue weighted by atomic mass is 10.1. The molecule has 4 heteroatoms. The van der Waals surface area contributed by atoms with Crippen molar-refractivity contribution >= 4 is 17.3 Å². The monoisotopic (exact) mass is 278 g/mol. The summed E-state index contributed by atoms with van der Waals surface area (Å²) in [5.41, 5.74) is 6.99. The molecule has 0 bridgehead atoms. The van der Waals surface area contributed by atoms with Crippen LogP contribution in [-0.4, -0.2) is 18.6 Å². The van der Waals surface area contributed by atoms with Crippen molar-refractivity contribution in [2.75, 3.05) is 17.7 Å². The van der Waals surface area contributed by atoms with Crippen molar-refractivity contribution in [3.8, 4) is 0 Å². The summed E-state index contributed by atoms with van der Waals surface area (Å²) in [5.74, 6) is -0.143. The van der Waals surface area contributed by atoms with Crippen LogP contribution in [0.2, 0.25) is 0 Å². The van der Waals surface area contributed by atoms with Gasteiger partial charge in [0, 0.05) is 11.4 Å². The van der Waals surface area contributed by atoms with Gasteiger partial charge in [0.2, 0.25) is 5.91 Å². The van der Waals surface area contributed by atoms with E-state index < -0.39 is 0 Å². The first-order chi connectivity index (χ1) is 9.61. The van der Waals surface area contributed by atoms with Crippen molar-refractivity contribution in [3.05, 3.63) is 24.3 Å². The minimum atomic E-state index is -0.143. The molecule has 4 nitrogen and oxygen atoms in total. The molecule has 0 spiro atoms. The second kappa shape index (κ2) is 9.37. The van der Waals surface area contributed by atoms with Crippen molar-refractivity contribution in [2.45, 2.75) is 52.1 Å². The summed E-state index contributed by atoms with van der Waals surface area (Å²) < 4.78 is 5.54. The van der Waals surface area contributed by atoms with Crippen LogP contribution in [0.4, 0.5) is 11.4 Å². The lowest BCUT2D eigenvalue weighted by Crippen LogP contribution is -2.21. The number of unbranched alkanes of at least 4 members (excludes halogenated alkanes) is 3. The number of amides is 1. The summed E-state index contributed by atoms with van der Waals surface area (Å²) >= 11 is 0. The van der Waals surface area contributed by atoms with Crippen LogP contribution in [0.3, 0.4) is 0 Å². The Kier molecular flexibility index (Phi) is 7.73. The normalized spacial score (nSPS) is 12.1. The molecular weight excluding hydrogens is 252 g/mol. The Morgan fingerprint density at radius 2 is 2.15 bits per heavy atom. The number of benzene rings is 1. The van der Waals surface area contributed by atoms with Crippen molar-refractivity contribution in [1.82, 2.24) is 0 Å². The van der Waals surface area contributed by atoms with Gasteiger partial charge >= 0.3 is 0 Å². The molecule has 0 fully saturated rings. The highest BCUT2D eigenvalue weighted by molar-refractivity contribution is 5.92. The molecule has 0 saturated heterocycles. The van der Waals surface area contributed by atoms with Crippen LogP contribution in [0.1, 0.15) is 46.0 Å². The van der Waals surface area contributed by atoms with Gasteiger partial charge in [0.15, 0.2) is 0 Å². The number of nitrogens with one attached hydrogen (secondary N) is 1. The summed E-state index contributed by atoms with van der Waals surface area (Å²) in [6.07, 6.45) is 6.02. The van der Waals surface area contributed by atoms with Gasteiger partial charge in [0.05, 0.1) is 6.10 Å². The fraction of sp³-hybridized carbons (Fsp3) is 0.562. The van der Waals surface area contributed by atoms with Crippen molar-refractivity contribution in [1.29, 1.82) is 0 Å². The molecule has 0 radical (unpaired) electrons. The lowest BCUT2D eigenvalue weighted by molar-refractivity contribution is -0.122. The first-order valence-electron chi connectivity index (χ1n) is 7.38. The van der Waals surface area contributed by atoms with Gasteiger partial charge in [-0.2, -0.15) is 0 Å². The van der Waals surface area contributed by atoms with E-state index in [2.05, 4.69) is 12.2 Å². The zero-order valence-electron chi connectivity index (χ0n) is 12.5. The van der Waals surface area contributed by atoms with Gasteiger partial charge in [-0.05, 0) is 31.5 Å². The highest BCUT2D eigenvalue weighted by atomic mass is 16.5. The molecule has 0 saturated carbocycles. The summed E-state index contributed by atoms with van der Waals surface area (Å²) in [4.78, 5) is 11.7. The maximum Gasteiger partial charge on any atom is 0.250 e. The van der Waals surface area contributed by atoms with E-state index in [-0.39, 0.29) is 18.6 Å². The Morgan fingerprint density at radius 3 is 2.85 bits per heavy atom. The second-order valence-corrected chi connectivity index (χ2v) is 5.14. The maximum atomic E-state index is 11.7. The summed E-state index contributed by atoms with van der Waals surface area (Å²) in [6, 6.07) is 7.13. The molecule has 1 aromatic rings. The first-order valence-corrected chi connectivity index (χ1v) is 7.38. The molecule has 1 aromatic carbocycles. The third-order valence-electron chi connectivity index (χ3n) is 3.13. The average Bonchev–Trinajstić information content (AvgIpc) is 2.41. The third kappa shape index (κ3) is 7.14. The van der Waals surface area contributed by atoms with Crippen LogP contribution in [0, 0.1) is 0 Å². The largest absolute Gasteiger partial charge is 0.399 e. The molecule has 0 aliphatic carbocycles. The Balaban J connectivity index is 2.19. The molecule has 112 valence electrons. The molecule has 1 rings (SSSR count). The van der Waals surface area contributed by atoms with E-state index in [1.807, 2.05) is 19.1 Å². The topological polar surface area (TPSA) is 64.3 Å². The van der Waals surface area contributed by atoms with E-state index in [0.717, 1.165) is 12.8 Å². The SMILES string of the molecule is CCCCCCC(C)OCC(=O)Nc1cccc(N)c1. The average molecular weight is 278 g/mol. The first kappa shape index (κ1) is 16.5. The summed E-state index contributed by atoms with van der Waals surface area (Å²) in [5, 5.41) is 2.77. The Morgan fingerprint density at radius 1 is 1.35 bits per heavy atom. The zero-order valence-corrected chi connectivity index (χ0v) is 12.5. The smallest absolute Gasteiger partial charge is 0.250 e. The van der Waals surface area contributed by atoms with Crippen LogP contribution >= 0.6 is 0 Å².